The third kappa shape index (κ3) is 1.84. The zero-order chi connectivity index (χ0) is 11.7. The van der Waals surface area contributed by atoms with Crippen LogP contribution in [0.1, 0.15) is 30.0 Å². The molecule has 84 valence electrons. The second-order valence-corrected chi connectivity index (χ2v) is 4.00. The third-order valence-corrected chi connectivity index (χ3v) is 2.53. The minimum absolute atomic E-state index is 0.231. The van der Waals surface area contributed by atoms with Gasteiger partial charge in [-0.3, -0.25) is 0 Å². The smallest absolute Gasteiger partial charge is 0.248 e. The molecule has 2 rings (SSSR count). The Bertz CT molecular complexity index is 482. The Hall–Kier alpha value is -1.68. The van der Waals surface area contributed by atoms with Gasteiger partial charge in [-0.2, -0.15) is 0 Å². The Kier molecular flexibility index (Phi) is 2.75. The largest absolute Gasteiger partial charge is 0.419 e. The summed E-state index contributed by atoms with van der Waals surface area (Å²) in [5.74, 6) is 1.01. The van der Waals surface area contributed by atoms with Crippen molar-refractivity contribution in [2.24, 2.45) is 5.73 Å². The Morgan fingerprint density at radius 1 is 1.19 bits per heavy atom. The van der Waals surface area contributed by atoms with E-state index in [0.717, 1.165) is 16.7 Å². The van der Waals surface area contributed by atoms with E-state index in [1.807, 2.05) is 39.0 Å². The molecule has 0 fully saturated rings. The lowest BCUT2D eigenvalue weighted by Crippen LogP contribution is -2.04. The normalized spacial score (nSPS) is 12.8. The monoisotopic (exact) mass is 217 g/mol. The standard InChI is InChI=1S/C12H15N3O/c1-7-5-4-6-8(2)10(7)12-15-14-11(16-12)9(3)13/h4-6,9H,13H2,1-3H3. The maximum absolute atomic E-state index is 5.68. The van der Waals surface area contributed by atoms with Crippen molar-refractivity contribution in [3.05, 3.63) is 35.2 Å². The molecule has 0 bridgehead atoms. The molecule has 2 aromatic rings. The molecule has 16 heavy (non-hydrogen) atoms. The van der Waals surface area contributed by atoms with Crippen LogP contribution in [0.25, 0.3) is 11.5 Å². The van der Waals surface area contributed by atoms with Gasteiger partial charge in [-0.15, -0.1) is 10.2 Å². The third-order valence-electron chi connectivity index (χ3n) is 2.53. The van der Waals surface area contributed by atoms with Gasteiger partial charge in [-0.05, 0) is 31.9 Å². The number of rotatable bonds is 2. The number of benzene rings is 1. The van der Waals surface area contributed by atoms with E-state index in [2.05, 4.69) is 10.2 Å². The zero-order valence-corrected chi connectivity index (χ0v) is 9.69. The van der Waals surface area contributed by atoms with E-state index in [-0.39, 0.29) is 6.04 Å². The maximum Gasteiger partial charge on any atom is 0.248 e. The van der Waals surface area contributed by atoms with Crippen molar-refractivity contribution in [1.29, 1.82) is 0 Å². The van der Waals surface area contributed by atoms with Crippen molar-refractivity contribution >= 4 is 0 Å². The molecule has 1 heterocycles. The molecule has 1 aromatic carbocycles. The Morgan fingerprint density at radius 2 is 1.81 bits per heavy atom. The minimum Gasteiger partial charge on any atom is -0.419 e. The highest BCUT2D eigenvalue weighted by Crippen LogP contribution is 2.26. The molecule has 0 aliphatic rings. The molecule has 0 saturated carbocycles. The molecule has 0 amide bonds. The Balaban J connectivity index is 2.50. The predicted octanol–water partition coefficient (Wildman–Crippen LogP) is 2.37. The van der Waals surface area contributed by atoms with Crippen molar-refractivity contribution in [3.63, 3.8) is 0 Å². The lowest BCUT2D eigenvalue weighted by molar-refractivity contribution is 0.473. The summed E-state index contributed by atoms with van der Waals surface area (Å²) in [5.41, 5.74) is 8.94. The Morgan fingerprint density at radius 3 is 2.31 bits per heavy atom. The maximum atomic E-state index is 5.68. The number of nitrogens with two attached hydrogens (primary N) is 1. The second kappa shape index (κ2) is 4.06. The van der Waals surface area contributed by atoms with Crippen molar-refractivity contribution < 1.29 is 4.42 Å². The average Bonchev–Trinajstić information content (AvgIpc) is 2.66. The van der Waals surface area contributed by atoms with E-state index in [1.54, 1.807) is 0 Å². The van der Waals surface area contributed by atoms with Crippen LogP contribution < -0.4 is 5.73 Å². The fraction of sp³-hybridized carbons (Fsp3) is 0.333. The van der Waals surface area contributed by atoms with Gasteiger partial charge in [0, 0.05) is 5.56 Å². The summed E-state index contributed by atoms with van der Waals surface area (Å²) in [4.78, 5) is 0. The molecular weight excluding hydrogens is 202 g/mol. The molecule has 4 heteroatoms. The molecular formula is C12H15N3O. The first-order valence-electron chi connectivity index (χ1n) is 5.25. The molecule has 0 spiro atoms. The molecule has 1 atom stereocenters. The lowest BCUT2D eigenvalue weighted by atomic mass is 10.0. The molecule has 4 nitrogen and oxygen atoms in total. The van der Waals surface area contributed by atoms with Crippen LogP contribution in [0.2, 0.25) is 0 Å². The van der Waals surface area contributed by atoms with Crippen LogP contribution >= 0.6 is 0 Å². The summed E-state index contributed by atoms with van der Waals surface area (Å²) < 4.78 is 5.55. The SMILES string of the molecule is Cc1cccc(C)c1-c1nnc(C(C)N)o1. The molecule has 1 unspecified atom stereocenters. The van der Waals surface area contributed by atoms with Crippen molar-refractivity contribution in [3.8, 4) is 11.5 Å². The number of nitrogens with zero attached hydrogens (tertiary/aromatic N) is 2. The van der Waals surface area contributed by atoms with Gasteiger partial charge < -0.3 is 10.2 Å². The number of aryl methyl sites for hydroxylation is 2. The van der Waals surface area contributed by atoms with E-state index in [0.29, 0.717) is 11.8 Å². The highest BCUT2D eigenvalue weighted by atomic mass is 16.4. The van der Waals surface area contributed by atoms with Crippen LogP contribution in [0.15, 0.2) is 22.6 Å². The van der Waals surface area contributed by atoms with Crippen LogP contribution in [0.4, 0.5) is 0 Å². The fourth-order valence-electron chi connectivity index (χ4n) is 1.67. The van der Waals surface area contributed by atoms with Crippen LogP contribution in [0.3, 0.4) is 0 Å². The zero-order valence-electron chi connectivity index (χ0n) is 9.69. The Labute approximate surface area is 94.5 Å². The van der Waals surface area contributed by atoms with E-state index in [9.17, 15) is 0 Å². The molecule has 0 saturated heterocycles. The van der Waals surface area contributed by atoms with E-state index in [1.165, 1.54) is 0 Å². The molecule has 2 N–H and O–H groups in total. The van der Waals surface area contributed by atoms with Gasteiger partial charge in [0.1, 0.15) is 0 Å². The van der Waals surface area contributed by atoms with E-state index >= 15 is 0 Å². The van der Waals surface area contributed by atoms with Crippen molar-refractivity contribution in [1.82, 2.24) is 10.2 Å². The lowest BCUT2D eigenvalue weighted by Gasteiger charge is -2.04. The summed E-state index contributed by atoms with van der Waals surface area (Å²) in [5, 5.41) is 7.97. The van der Waals surface area contributed by atoms with Gasteiger partial charge in [0.15, 0.2) is 0 Å². The van der Waals surface area contributed by atoms with Gasteiger partial charge in [0.2, 0.25) is 11.8 Å². The predicted molar refractivity (Wildman–Crippen MR) is 61.8 cm³/mol. The van der Waals surface area contributed by atoms with E-state index < -0.39 is 0 Å². The van der Waals surface area contributed by atoms with Gasteiger partial charge in [0.25, 0.3) is 0 Å². The van der Waals surface area contributed by atoms with Gasteiger partial charge >= 0.3 is 0 Å². The minimum atomic E-state index is -0.231. The summed E-state index contributed by atoms with van der Waals surface area (Å²) >= 11 is 0. The molecule has 0 radical (unpaired) electrons. The van der Waals surface area contributed by atoms with E-state index in [4.69, 9.17) is 10.2 Å². The second-order valence-electron chi connectivity index (χ2n) is 4.00. The number of hydrogen-bond acceptors (Lipinski definition) is 4. The first-order valence-corrected chi connectivity index (χ1v) is 5.25. The summed E-state index contributed by atoms with van der Waals surface area (Å²) in [6.07, 6.45) is 0. The molecule has 0 aliphatic heterocycles. The molecule has 0 aliphatic carbocycles. The van der Waals surface area contributed by atoms with Gasteiger partial charge in [-0.25, -0.2) is 0 Å². The average molecular weight is 217 g/mol. The number of aromatic nitrogens is 2. The fourth-order valence-corrected chi connectivity index (χ4v) is 1.67. The van der Waals surface area contributed by atoms with Crippen molar-refractivity contribution in [2.45, 2.75) is 26.8 Å². The van der Waals surface area contributed by atoms with Gasteiger partial charge in [0.05, 0.1) is 6.04 Å². The topological polar surface area (TPSA) is 64.9 Å². The highest BCUT2D eigenvalue weighted by molar-refractivity contribution is 5.62. The quantitative estimate of drug-likeness (QED) is 0.838. The summed E-state index contributed by atoms with van der Waals surface area (Å²) in [6.45, 7) is 5.87. The van der Waals surface area contributed by atoms with Crippen LogP contribution in [0, 0.1) is 13.8 Å². The summed E-state index contributed by atoms with van der Waals surface area (Å²) in [7, 11) is 0. The highest BCUT2D eigenvalue weighted by Gasteiger charge is 2.14. The van der Waals surface area contributed by atoms with Crippen LogP contribution in [-0.4, -0.2) is 10.2 Å². The van der Waals surface area contributed by atoms with Crippen molar-refractivity contribution in [2.75, 3.05) is 0 Å². The van der Waals surface area contributed by atoms with Crippen LogP contribution in [-0.2, 0) is 0 Å². The first-order chi connectivity index (χ1) is 7.59. The summed E-state index contributed by atoms with van der Waals surface area (Å²) in [6, 6.07) is 5.83. The number of hydrogen-bond donors (Lipinski definition) is 1. The molecule has 1 aromatic heterocycles. The van der Waals surface area contributed by atoms with Gasteiger partial charge in [-0.1, -0.05) is 18.2 Å². The van der Waals surface area contributed by atoms with Crippen LogP contribution in [0.5, 0.6) is 0 Å². The first kappa shape index (κ1) is 10.8.